The van der Waals surface area contributed by atoms with Gasteiger partial charge in [0.1, 0.15) is 5.69 Å². The molecule has 2 aliphatic rings. The lowest BCUT2D eigenvalue weighted by atomic mass is 9.82. The lowest BCUT2D eigenvalue weighted by Gasteiger charge is -2.53. The molecule has 0 bridgehead atoms. The summed E-state index contributed by atoms with van der Waals surface area (Å²) in [5.74, 6) is 1.29. The van der Waals surface area contributed by atoms with Crippen molar-refractivity contribution >= 4 is 11.9 Å². The zero-order valence-corrected chi connectivity index (χ0v) is 17.2. The van der Waals surface area contributed by atoms with Crippen LogP contribution in [-0.2, 0) is 0 Å². The van der Waals surface area contributed by atoms with Crippen LogP contribution in [-0.4, -0.2) is 56.4 Å². The fourth-order valence-electron chi connectivity index (χ4n) is 4.50. The topological polar surface area (TPSA) is 75.1 Å². The number of anilines is 1. The van der Waals surface area contributed by atoms with Crippen molar-refractivity contribution < 1.29 is 4.79 Å². The zero-order chi connectivity index (χ0) is 20.7. The lowest BCUT2D eigenvalue weighted by molar-refractivity contribution is 0.0584. The number of rotatable bonds is 3. The third-order valence-electron chi connectivity index (χ3n) is 6.02. The van der Waals surface area contributed by atoms with E-state index < -0.39 is 0 Å². The molecule has 5 rings (SSSR count). The van der Waals surface area contributed by atoms with E-state index in [0.29, 0.717) is 23.9 Å². The summed E-state index contributed by atoms with van der Waals surface area (Å²) in [5.41, 5.74) is 3.88. The van der Waals surface area contributed by atoms with Crippen LogP contribution in [0.2, 0.25) is 0 Å². The monoisotopic (exact) mass is 400 g/mol. The first-order valence-corrected chi connectivity index (χ1v) is 10.3. The van der Waals surface area contributed by atoms with Gasteiger partial charge in [-0.1, -0.05) is 30.3 Å². The first kappa shape index (κ1) is 18.7. The Morgan fingerprint density at radius 2 is 1.73 bits per heavy atom. The maximum absolute atomic E-state index is 13.4. The number of nitrogens with zero attached hydrogens (tertiary/aromatic N) is 6. The van der Waals surface area contributed by atoms with E-state index in [4.69, 9.17) is 0 Å². The molecular weight excluding hydrogens is 376 g/mol. The summed E-state index contributed by atoms with van der Waals surface area (Å²) in [6, 6.07) is 12.0. The Labute approximate surface area is 175 Å². The first-order chi connectivity index (χ1) is 14.6. The average Bonchev–Trinajstić information content (AvgIpc) is 2.74. The molecule has 0 radical (unpaired) electrons. The molecule has 30 heavy (non-hydrogen) atoms. The van der Waals surface area contributed by atoms with Crippen LogP contribution in [0.15, 0.2) is 48.8 Å². The molecule has 1 aromatic carbocycles. The van der Waals surface area contributed by atoms with Gasteiger partial charge >= 0.3 is 0 Å². The molecule has 2 atom stereocenters. The Hall–Kier alpha value is -3.35. The molecule has 152 valence electrons. The third kappa shape index (κ3) is 3.30. The van der Waals surface area contributed by atoms with Gasteiger partial charge in [-0.05, 0) is 26.3 Å². The minimum atomic E-state index is -0.0615. The Morgan fingerprint density at radius 3 is 2.50 bits per heavy atom. The standard InChI is InChI=1S/C23H24N6O/c1-15-12-16(2)27-23(26-15)29-13-18-8-11-28(14-19(18)29)22(30)21-20(24-9-10-25-21)17-6-4-3-5-7-17/h3-7,9-10,12,18-19H,8,11,13-14H2,1-2H3/t18-,19-/m0/s1. The number of carbonyl (C=O) groups excluding carboxylic acids is 1. The van der Waals surface area contributed by atoms with Crippen molar-refractivity contribution in [3.63, 3.8) is 0 Å². The van der Waals surface area contributed by atoms with Crippen LogP contribution in [0, 0.1) is 19.8 Å². The number of carbonyl (C=O) groups is 1. The van der Waals surface area contributed by atoms with E-state index >= 15 is 0 Å². The summed E-state index contributed by atoms with van der Waals surface area (Å²) in [6.07, 6.45) is 4.21. The normalized spacial score (nSPS) is 20.5. The fourth-order valence-corrected chi connectivity index (χ4v) is 4.50. The van der Waals surface area contributed by atoms with Gasteiger partial charge in [-0.2, -0.15) is 0 Å². The summed E-state index contributed by atoms with van der Waals surface area (Å²) >= 11 is 0. The molecular formula is C23H24N6O. The molecule has 0 aliphatic carbocycles. The van der Waals surface area contributed by atoms with Gasteiger partial charge in [0, 0.05) is 54.9 Å². The molecule has 4 heterocycles. The lowest BCUT2D eigenvalue weighted by Crippen LogP contribution is -2.65. The second-order valence-electron chi connectivity index (χ2n) is 8.09. The van der Waals surface area contributed by atoms with Gasteiger partial charge in [-0.3, -0.25) is 9.78 Å². The number of hydrogen-bond acceptors (Lipinski definition) is 6. The van der Waals surface area contributed by atoms with Crippen LogP contribution in [0.4, 0.5) is 5.95 Å². The predicted octanol–water partition coefficient (Wildman–Crippen LogP) is 2.90. The second kappa shape index (κ2) is 7.48. The summed E-state index contributed by atoms with van der Waals surface area (Å²) in [6.45, 7) is 6.34. The molecule has 2 saturated heterocycles. The summed E-state index contributed by atoms with van der Waals surface area (Å²) in [5, 5.41) is 0. The molecule has 0 N–H and O–H groups in total. The molecule has 2 aliphatic heterocycles. The number of aromatic nitrogens is 4. The highest BCUT2D eigenvalue weighted by Gasteiger charge is 2.45. The molecule has 7 nitrogen and oxygen atoms in total. The van der Waals surface area contributed by atoms with E-state index in [1.807, 2.05) is 55.1 Å². The van der Waals surface area contributed by atoms with Crippen LogP contribution in [0.3, 0.4) is 0 Å². The van der Waals surface area contributed by atoms with Gasteiger partial charge in [0.05, 0.1) is 6.04 Å². The minimum Gasteiger partial charge on any atom is -0.335 e. The molecule has 2 fully saturated rings. The molecule has 1 amide bonds. The second-order valence-corrected chi connectivity index (χ2v) is 8.09. The van der Waals surface area contributed by atoms with Crippen LogP contribution in [0.5, 0.6) is 0 Å². The quantitative estimate of drug-likeness (QED) is 0.673. The molecule has 2 aromatic heterocycles. The van der Waals surface area contributed by atoms with E-state index in [1.54, 1.807) is 12.4 Å². The van der Waals surface area contributed by atoms with E-state index in [9.17, 15) is 4.79 Å². The number of benzene rings is 1. The van der Waals surface area contributed by atoms with Crippen molar-refractivity contribution in [2.75, 3.05) is 24.5 Å². The van der Waals surface area contributed by atoms with E-state index in [2.05, 4.69) is 24.8 Å². The van der Waals surface area contributed by atoms with E-state index in [1.165, 1.54) is 0 Å². The number of hydrogen-bond donors (Lipinski definition) is 0. The highest BCUT2D eigenvalue weighted by Crippen LogP contribution is 2.35. The van der Waals surface area contributed by atoms with E-state index in [-0.39, 0.29) is 11.9 Å². The van der Waals surface area contributed by atoms with Gasteiger partial charge in [-0.25, -0.2) is 15.0 Å². The minimum absolute atomic E-state index is 0.0615. The summed E-state index contributed by atoms with van der Waals surface area (Å²) in [7, 11) is 0. The van der Waals surface area contributed by atoms with E-state index in [0.717, 1.165) is 42.4 Å². The Kier molecular flexibility index (Phi) is 4.65. The number of piperidine rings is 1. The van der Waals surface area contributed by atoms with Gasteiger partial charge in [0.15, 0.2) is 5.69 Å². The van der Waals surface area contributed by atoms with Crippen molar-refractivity contribution in [2.45, 2.75) is 26.3 Å². The highest BCUT2D eigenvalue weighted by atomic mass is 16.2. The molecule has 3 aromatic rings. The SMILES string of the molecule is Cc1cc(C)nc(N2C[C@@H]3CCN(C(=O)c4nccnc4-c4ccccc4)C[C@@H]32)n1. The molecule has 0 unspecified atom stereocenters. The highest BCUT2D eigenvalue weighted by molar-refractivity contribution is 5.98. The van der Waals surface area contributed by atoms with Crippen molar-refractivity contribution in [1.82, 2.24) is 24.8 Å². The van der Waals surface area contributed by atoms with Crippen LogP contribution < -0.4 is 4.90 Å². The van der Waals surface area contributed by atoms with Gasteiger partial charge in [-0.15, -0.1) is 0 Å². The Balaban J connectivity index is 1.38. The molecule has 0 spiro atoms. The maximum Gasteiger partial charge on any atom is 0.274 e. The smallest absolute Gasteiger partial charge is 0.274 e. The Morgan fingerprint density at radius 1 is 1.00 bits per heavy atom. The largest absolute Gasteiger partial charge is 0.335 e. The van der Waals surface area contributed by atoms with Crippen LogP contribution in [0.1, 0.15) is 28.3 Å². The van der Waals surface area contributed by atoms with Crippen LogP contribution >= 0.6 is 0 Å². The predicted molar refractivity (Wildman–Crippen MR) is 114 cm³/mol. The van der Waals surface area contributed by atoms with Crippen molar-refractivity contribution in [3.8, 4) is 11.3 Å². The number of aryl methyl sites for hydroxylation is 2. The number of amides is 1. The third-order valence-corrected chi connectivity index (χ3v) is 6.02. The number of likely N-dealkylation sites (tertiary alicyclic amines) is 1. The Bertz CT molecular complexity index is 1070. The fraction of sp³-hybridized carbons (Fsp3) is 0.348. The van der Waals surface area contributed by atoms with Gasteiger partial charge in [0.2, 0.25) is 5.95 Å². The average molecular weight is 400 g/mol. The van der Waals surface area contributed by atoms with Crippen molar-refractivity contribution in [2.24, 2.45) is 5.92 Å². The molecule has 0 saturated carbocycles. The van der Waals surface area contributed by atoms with Crippen molar-refractivity contribution in [3.05, 3.63) is 65.9 Å². The zero-order valence-electron chi connectivity index (χ0n) is 17.2. The maximum atomic E-state index is 13.4. The summed E-state index contributed by atoms with van der Waals surface area (Å²) in [4.78, 5) is 35.6. The summed E-state index contributed by atoms with van der Waals surface area (Å²) < 4.78 is 0. The van der Waals surface area contributed by atoms with Crippen LogP contribution in [0.25, 0.3) is 11.3 Å². The van der Waals surface area contributed by atoms with Gasteiger partial charge < -0.3 is 9.80 Å². The number of fused-ring (bicyclic) bond motifs is 1. The van der Waals surface area contributed by atoms with Gasteiger partial charge in [0.25, 0.3) is 5.91 Å². The van der Waals surface area contributed by atoms with Crippen molar-refractivity contribution in [1.29, 1.82) is 0 Å². The molecule has 7 heteroatoms. The first-order valence-electron chi connectivity index (χ1n) is 10.3.